The van der Waals surface area contributed by atoms with Crippen molar-refractivity contribution in [3.8, 4) is 0 Å². The average Bonchev–Trinajstić information content (AvgIpc) is 3.08. The molecule has 1 aliphatic rings. The maximum atomic E-state index is 12.6. The molecular formula is C15H25N3O2. The molecule has 112 valence electrons. The normalized spacial score (nSPS) is 15.4. The first-order valence-electron chi connectivity index (χ1n) is 7.37. The van der Waals surface area contributed by atoms with E-state index in [1.807, 2.05) is 4.68 Å². The van der Waals surface area contributed by atoms with Crippen molar-refractivity contribution in [3.63, 3.8) is 0 Å². The van der Waals surface area contributed by atoms with Crippen LogP contribution in [0.4, 0.5) is 0 Å². The van der Waals surface area contributed by atoms with E-state index in [0.29, 0.717) is 18.0 Å². The minimum atomic E-state index is -0.885. The standard InChI is InChI=1S/C15H25N3O2/c1-5-8-18-13(11-6-7-11)12(9-16-18)14(19)17(4)10-15(2,3)20/h9,11,20H,5-8,10H2,1-4H3. The number of hydrogen-bond donors (Lipinski definition) is 1. The third kappa shape index (κ3) is 3.39. The summed E-state index contributed by atoms with van der Waals surface area (Å²) in [4.78, 5) is 14.1. The summed E-state index contributed by atoms with van der Waals surface area (Å²) in [5, 5.41) is 14.2. The highest BCUT2D eigenvalue weighted by Crippen LogP contribution is 2.42. The van der Waals surface area contributed by atoms with Crippen molar-refractivity contribution in [1.29, 1.82) is 0 Å². The molecule has 0 saturated heterocycles. The Bertz CT molecular complexity index is 484. The summed E-state index contributed by atoms with van der Waals surface area (Å²) in [5.74, 6) is 0.440. The van der Waals surface area contributed by atoms with Crippen LogP contribution >= 0.6 is 0 Å². The van der Waals surface area contributed by atoms with Gasteiger partial charge in [0.2, 0.25) is 0 Å². The summed E-state index contributed by atoms with van der Waals surface area (Å²) in [7, 11) is 1.73. The van der Waals surface area contributed by atoms with Gasteiger partial charge in [-0.15, -0.1) is 0 Å². The minimum absolute atomic E-state index is 0.0450. The molecule has 0 atom stereocenters. The van der Waals surface area contributed by atoms with E-state index < -0.39 is 5.60 Å². The van der Waals surface area contributed by atoms with Gasteiger partial charge in [0.05, 0.1) is 23.1 Å². The fourth-order valence-corrected chi connectivity index (χ4v) is 2.59. The van der Waals surface area contributed by atoms with Crippen LogP contribution in [-0.2, 0) is 6.54 Å². The molecule has 0 spiro atoms. The van der Waals surface area contributed by atoms with E-state index in [1.165, 1.54) is 0 Å². The molecule has 1 heterocycles. The summed E-state index contributed by atoms with van der Waals surface area (Å²) in [6.45, 7) is 6.70. The Morgan fingerprint density at radius 3 is 2.70 bits per heavy atom. The number of nitrogens with zero attached hydrogens (tertiary/aromatic N) is 3. The van der Waals surface area contributed by atoms with E-state index in [9.17, 15) is 9.90 Å². The molecule has 1 aliphatic carbocycles. The monoisotopic (exact) mass is 279 g/mol. The first-order chi connectivity index (χ1) is 9.33. The number of rotatable bonds is 6. The van der Waals surface area contributed by atoms with Crippen molar-refractivity contribution < 1.29 is 9.90 Å². The van der Waals surface area contributed by atoms with Crippen LogP contribution in [0.5, 0.6) is 0 Å². The van der Waals surface area contributed by atoms with E-state index in [1.54, 1.807) is 32.0 Å². The lowest BCUT2D eigenvalue weighted by Gasteiger charge is -2.25. The Labute approximate surface area is 120 Å². The second-order valence-corrected chi connectivity index (χ2v) is 6.41. The lowest BCUT2D eigenvalue weighted by Crippen LogP contribution is -2.39. The van der Waals surface area contributed by atoms with Gasteiger partial charge in [0, 0.05) is 26.1 Å². The maximum absolute atomic E-state index is 12.6. The Hall–Kier alpha value is -1.36. The van der Waals surface area contributed by atoms with Gasteiger partial charge in [-0.05, 0) is 33.1 Å². The summed E-state index contributed by atoms with van der Waals surface area (Å²) >= 11 is 0. The highest BCUT2D eigenvalue weighted by atomic mass is 16.3. The number of hydrogen-bond acceptors (Lipinski definition) is 3. The molecule has 1 amide bonds. The van der Waals surface area contributed by atoms with Gasteiger partial charge in [-0.2, -0.15) is 5.10 Å². The van der Waals surface area contributed by atoms with Gasteiger partial charge in [-0.1, -0.05) is 6.92 Å². The van der Waals surface area contributed by atoms with Gasteiger partial charge in [0.15, 0.2) is 0 Å². The molecule has 0 aliphatic heterocycles. The van der Waals surface area contributed by atoms with Gasteiger partial charge in [-0.3, -0.25) is 9.48 Å². The molecule has 1 fully saturated rings. The summed E-state index contributed by atoms with van der Waals surface area (Å²) in [5.41, 5.74) is 0.899. The van der Waals surface area contributed by atoms with Gasteiger partial charge in [-0.25, -0.2) is 0 Å². The second-order valence-electron chi connectivity index (χ2n) is 6.41. The summed E-state index contributed by atoms with van der Waals surface area (Å²) in [6, 6.07) is 0. The topological polar surface area (TPSA) is 58.4 Å². The SMILES string of the molecule is CCCn1ncc(C(=O)N(C)CC(C)(C)O)c1C1CC1. The van der Waals surface area contributed by atoms with E-state index in [-0.39, 0.29) is 5.91 Å². The molecule has 0 aromatic carbocycles. The number of amides is 1. The molecular weight excluding hydrogens is 254 g/mol. The van der Waals surface area contributed by atoms with Crippen LogP contribution in [0.15, 0.2) is 6.20 Å². The van der Waals surface area contributed by atoms with E-state index in [0.717, 1.165) is 31.5 Å². The van der Waals surface area contributed by atoms with Crippen LogP contribution in [0.25, 0.3) is 0 Å². The Morgan fingerprint density at radius 2 is 2.20 bits per heavy atom. The smallest absolute Gasteiger partial charge is 0.257 e. The predicted octanol–water partition coefficient (Wildman–Crippen LogP) is 2.01. The number of aromatic nitrogens is 2. The Balaban J connectivity index is 2.21. The van der Waals surface area contributed by atoms with Crippen LogP contribution in [0.2, 0.25) is 0 Å². The molecule has 1 saturated carbocycles. The third-order valence-corrected chi connectivity index (χ3v) is 3.48. The largest absolute Gasteiger partial charge is 0.389 e. The van der Waals surface area contributed by atoms with Crippen molar-refractivity contribution >= 4 is 5.91 Å². The number of likely N-dealkylation sites (N-methyl/N-ethyl adjacent to an activating group) is 1. The summed E-state index contributed by atoms with van der Waals surface area (Å²) < 4.78 is 1.98. The number of carbonyl (C=O) groups is 1. The zero-order valence-corrected chi connectivity index (χ0v) is 12.9. The van der Waals surface area contributed by atoms with Crippen molar-refractivity contribution in [2.45, 2.75) is 58.1 Å². The quantitative estimate of drug-likeness (QED) is 0.866. The Morgan fingerprint density at radius 1 is 1.55 bits per heavy atom. The van der Waals surface area contributed by atoms with Crippen molar-refractivity contribution in [1.82, 2.24) is 14.7 Å². The van der Waals surface area contributed by atoms with Crippen LogP contribution < -0.4 is 0 Å². The molecule has 0 unspecified atom stereocenters. The summed E-state index contributed by atoms with van der Waals surface area (Å²) in [6.07, 6.45) is 4.98. The maximum Gasteiger partial charge on any atom is 0.257 e. The number of aliphatic hydroxyl groups is 1. The highest BCUT2D eigenvalue weighted by Gasteiger charge is 2.33. The molecule has 0 radical (unpaired) electrons. The van der Waals surface area contributed by atoms with Crippen molar-refractivity contribution in [2.75, 3.05) is 13.6 Å². The molecule has 1 aromatic heterocycles. The molecule has 0 bridgehead atoms. The fourth-order valence-electron chi connectivity index (χ4n) is 2.59. The molecule has 5 nitrogen and oxygen atoms in total. The molecule has 1 N–H and O–H groups in total. The van der Waals surface area contributed by atoms with E-state index >= 15 is 0 Å². The lowest BCUT2D eigenvalue weighted by atomic mass is 10.1. The van der Waals surface area contributed by atoms with Crippen LogP contribution in [0, 0.1) is 0 Å². The number of carbonyl (C=O) groups excluding carboxylic acids is 1. The third-order valence-electron chi connectivity index (χ3n) is 3.48. The Kier molecular flexibility index (Phi) is 4.18. The van der Waals surface area contributed by atoms with E-state index in [4.69, 9.17) is 0 Å². The van der Waals surface area contributed by atoms with Gasteiger partial charge in [0.25, 0.3) is 5.91 Å². The first kappa shape index (κ1) is 15.0. The second kappa shape index (κ2) is 5.56. The van der Waals surface area contributed by atoms with Gasteiger partial charge in [0.1, 0.15) is 0 Å². The first-order valence-corrected chi connectivity index (χ1v) is 7.37. The van der Waals surface area contributed by atoms with Crippen LogP contribution in [0.1, 0.15) is 62.0 Å². The van der Waals surface area contributed by atoms with E-state index in [2.05, 4.69) is 12.0 Å². The lowest BCUT2D eigenvalue weighted by molar-refractivity contribution is 0.0367. The zero-order valence-electron chi connectivity index (χ0n) is 12.9. The molecule has 20 heavy (non-hydrogen) atoms. The average molecular weight is 279 g/mol. The van der Waals surface area contributed by atoms with Gasteiger partial charge >= 0.3 is 0 Å². The van der Waals surface area contributed by atoms with Crippen molar-refractivity contribution in [3.05, 3.63) is 17.5 Å². The molecule has 1 aromatic rings. The van der Waals surface area contributed by atoms with Crippen LogP contribution in [0.3, 0.4) is 0 Å². The highest BCUT2D eigenvalue weighted by molar-refractivity contribution is 5.95. The number of aryl methyl sites for hydroxylation is 1. The molecule has 5 heteroatoms. The predicted molar refractivity (Wildman–Crippen MR) is 77.8 cm³/mol. The van der Waals surface area contributed by atoms with Crippen molar-refractivity contribution in [2.24, 2.45) is 0 Å². The fraction of sp³-hybridized carbons (Fsp3) is 0.733. The van der Waals surface area contributed by atoms with Crippen LogP contribution in [-0.4, -0.2) is 44.9 Å². The minimum Gasteiger partial charge on any atom is -0.389 e. The van der Waals surface area contributed by atoms with Gasteiger partial charge < -0.3 is 10.0 Å². The zero-order chi connectivity index (χ0) is 14.9. The molecule has 2 rings (SSSR count).